The Labute approximate surface area is 159 Å². The van der Waals surface area contributed by atoms with Gasteiger partial charge in [-0.15, -0.1) is 22.7 Å². The minimum Gasteiger partial charge on any atom is -0.484 e. The number of hydrogen-bond acceptors (Lipinski definition) is 6. The number of carbonyl (C=O) groups is 2. The quantitative estimate of drug-likeness (QED) is 0.598. The lowest BCUT2D eigenvalue weighted by atomic mass is 10.1. The van der Waals surface area contributed by atoms with Crippen LogP contribution in [0, 0.1) is 0 Å². The predicted octanol–water partition coefficient (Wildman–Crippen LogP) is 4.67. The molecule has 26 heavy (non-hydrogen) atoms. The maximum Gasteiger partial charge on any atom is 0.341 e. The maximum atomic E-state index is 12.4. The molecule has 0 spiro atoms. The minimum atomic E-state index is -0.448. The molecule has 0 atom stereocenters. The first kappa shape index (κ1) is 18.2. The van der Waals surface area contributed by atoms with Gasteiger partial charge < -0.3 is 14.8 Å². The van der Waals surface area contributed by atoms with Crippen molar-refractivity contribution in [2.45, 2.75) is 6.92 Å². The molecule has 134 valence electrons. The number of amides is 1. The monoisotopic (exact) mass is 387 g/mol. The Hall–Kier alpha value is -2.64. The van der Waals surface area contributed by atoms with Crippen LogP contribution in [0.15, 0.2) is 53.2 Å². The third-order valence-electron chi connectivity index (χ3n) is 3.42. The van der Waals surface area contributed by atoms with E-state index in [-0.39, 0.29) is 19.1 Å². The third kappa shape index (κ3) is 4.30. The molecule has 0 bridgehead atoms. The summed E-state index contributed by atoms with van der Waals surface area (Å²) in [4.78, 5) is 25.6. The van der Waals surface area contributed by atoms with E-state index in [1.165, 1.54) is 22.7 Å². The summed E-state index contributed by atoms with van der Waals surface area (Å²) in [5, 5.41) is 7.02. The molecular formula is C19H17NO4S2. The Morgan fingerprint density at radius 3 is 2.58 bits per heavy atom. The molecule has 3 rings (SSSR count). The number of hydrogen-bond donors (Lipinski definition) is 1. The average molecular weight is 387 g/mol. The van der Waals surface area contributed by atoms with Crippen LogP contribution in [0.25, 0.3) is 10.4 Å². The number of ether oxygens (including phenoxy) is 2. The molecule has 1 N–H and O–H groups in total. The van der Waals surface area contributed by atoms with Crippen molar-refractivity contribution in [1.82, 2.24) is 0 Å². The standard InChI is InChI=1S/C19H17NO4S2/c1-2-23-19(22)17-14(15-9-6-10-25-15)12-26-18(17)20-16(21)11-24-13-7-4-3-5-8-13/h3-10,12H,2,11H2,1H3,(H,20,21). The van der Waals surface area contributed by atoms with Crippen LogP contribution in [-0.4, -0.2) is 25.1 Å². The van der Waals surface area contributed by atoms with Gasteiger partial charge in [0.05, 0.1) is 6.61 Å². The van der Waals surface area contributed by atoms with Crippen LogP contribution >= 0.6 is 22.7 Å². The van der Waals surface area contributed by atoms with Crippen molar-refractivity contribution in [3.63, 3.8) is 0 Å². The van der Waals surface area contributed by atoms with Crippen molar-refractivity contribution in [1.29, 1.82) is 0 Å². The van der Waals surface area contributed by atoms with E-state index < -0.39 is 5.97 Å². The molecule has 0 saturated carbocycles. The topological polar surface area (TPSA) is 64.6 Å². The summed E-state index contributed by atoms with van der Waals surface area (Å²) in [5.41, 5.74) is 1.15. The number of anilines is 1. The summed E-state index contributed by atoms with van der Waals surface area (Å²) in [7, 11) is 0. The smallest absolute Gasteiger partial charge is 0.341 e. The zero-order chi connectivity index (χ0) is 18.4. The van der Waals surface area contributed by atoms with Gasteiger partial charge in [-0.2, -0.15) is 0 Å². The SMILES string of the molecule is CCOC(=O)c1c(-c2cccs2)csc1NC(=O)COc1ccccc1. The third-order valence-corrected chi connectivity index (χ3v) is 5.22. The van der Waals surface area contributed by atoms with Crippen molar-refractivity contribution < 1.29 is 19.1 Å². The van der Waals surface area contributed by atoms with E-state index in [0.717, 1.165) is 10.4 Å². The molecule has 2 heterocycles. The van der Waals surface area contributed by atoms with Gasteiger partial charge in [0.15, 0.2) is 6.61 Å². The highest BCUT2D eigenvalue weighted by molar-refractivity contribution is 7.17. The second-order valence-electron chi connectivity index (χ2n) is 5.20. The molecule has 0 aliphatic carbocycles. The molecule has 1 aromatic carbocycles. The van der Waals surface area contributed by atoms with Gasteiger partial charge >= 0.3 is 5.97 Å². The van der Waals surface area contributed by atoms with E-state index in [1.54, 1.807) is 19.1 Å². The fraction of sp³-hybridized carbons (Fsp3) is 0.158. The maximum absolute atomic E-state index is 12.4. The summed E-state index contributed by atoms with van der Waals surface area (Å²) in [6.45, 7) is 1.88. The first-order valence-corrected chi connectivity index (χ1v) is 9.75. The molecule has 2 aromatic heterocycles. The lowest BCUT2D eigenvalue weighted by molar-refractivity contribution is -0.118. The fourth-order valence-corrected chi connectivity index (χ4v) is 4.09. The van der Waals surface area contributed by atoms with E-state index in [4.69, 9.17) is 9.47 Å². The molecular weight excluding hydrogens is 370 g/mol. The van der Waals surface area contributed by atoms with Gasteiger partial charge in [0, 0.05) is 15.8 Å². The van der Waals surface area contributed by atoms with E-state index in [0.29, 0.717) is 16.3 Å². The lowest BCUT2D eigenvalue weighted by Crippen LogP contribution is -2.21. The van der Waals surface area contributed by atoms with Gasteiger partial charge in [0.2, 0.25) is 0 Å². The number of esters is 1. The van der Waals surface area contributed by atoms with E-state index in [9.17, 15) is 9.59 Å². The number of rotatable bonds is 7. The Balaban J connectivity index is 1.76. The van der Waals surface area contributed by atoms with Crippen LogP contribution in [0.5, 0.6) is 5.75 Å². The number of thiophene rings is 2. The Morgan fingerprint density at radius 2 is 1.88 bits per heavy atom. The first-order valence-electron chi connectivity index (χ1n) is 7.99. The van der Waals surface area contributed by atoms with E-state index >= 15 is 0 Å². The van der Waals surface area contributed by atoms with Gasteiger partial charge in [-0.3, -0.25) is 4.79 Å². The molecule has 1 amide bonds. The molecule has 0 fully saturated rings. The zero-order valence-electron chi connectivity index (χ0n) is 14.1. The second kappa shape index (κ2) is 8.64. The zero-order valence-corrected chi connectivity index (χ0v) is 15.7. The van der Waals surface area contributed by atoms with Gasteiger partial charge in [-0.1, -0.05) is 24.3 Å². The van der Waals surface area contributed by atoms with Crippen LogP contribution in [0.3, 0.4) is 0 Å². The van der Waals surface area contributed by atoms with Gasteiger partial charge in [-0.25, -0.2) is 4.79 Å². The van der Waals surface area contributed by atoms with Crippen molar-refractivity contribution >= 4 is 39.6 Å². The molecule has 3 aromatic rings. The van der Waals surface area contributed by atoms with Gasteiger partial charge in [0.1, 0.15) is 16.3 Å². The molecule has 0 saturated heterocycles. The largest absolute Gasteiger partial charge is 0.484 e. The first-order chi connectivity index (χ1) is 12.7. The summed E-state index contributed by atoms with van der Waals surface area (Å²) >= 11 is 2.82. The van der Waals surface area contributed by atoms with Crippen LogP contribution in [-0.2, 0) is 9.53 Å². The van der Waals surface area contributed by atoms with Crippen molar-refractivity contribution in [2.24, 2.45) is 0 Å². The second-order valence-corrected chi connectivity index (χ2v) is 7.03. The number of para-hydroxylation sites is 1. The van der Waals surface area contributed by atoms with E-state index in [2.05, 4.69) is 5.32 Å². The molecule has 0 aliphatic rings. The number of benzene rings is 1. The van der Waals surface area contributed by atoms with Crippen LogP contribution < -0.4 is 10.1 Å². The summed E-state index contributed by atoms with van der Waals surface area (Å²) < 4.78 is 10.6. The van der Waals surface area contributed by atoms with Crippen molar-refractivity contribution in [2.75, 3.05) is 18.5 Å². The lowest BCUT2D eigenvalue weighted by Gasteiger charge is -2.09. The van der Waals surface area contributed by atoms with Crippen LogP contribution in [0.1, 0.15) is 17.3 Å². The summed E-state index contributed by atoms with van der Waals surface area (Å²) in [5.74, 6) is -0.172. The van der Waals surface area contributed by atoms with Crippen LogP contribution in [0.2, 0.25) is 0 Å². The molecule has 0 unspecified atom stereocenters. The molecule has 7 heteroatoms. The normalized spacial score (nSPS) is 10.3. The van der Waals surface area contributed by atoms with E-state index in [1.807, 2.05) is 41.1 Å². The highest BCUT2D eigenvalue weighted by atomic mass is 32.1. The molecule has 5 nitrogen and oxygen atoms in total. The van der Waals surface area contributed by atoms with Crippen LogP contribution in [0.4, 0.5) is 5.00 Å². The Kier molecular flexibility index (Phi) is 6.04. The highest BCUT2D eigenvalue weighted by Gasteiger charge is 2.23. The minimum absolute atomic E-state index is 0.140. The summed E-state index contributed by atoms with van der Waals surface area (Å²) in [6.07, 6.45) is 0. The Bertz CT molecular complexity index is 872. The van der Waals surface area contributed by atoms with Gasteiger partial charge in [-0.05, 0) is 30.5 Å². The fourth-order valence-electron chi connectivity index (χ4n) is 2.30. The molecule has 0 aliphatic heterocycles. The Morgan fingerprint density at radius 1 is 1.08 bits per heavy atom. The molecule has 0 radical (unpaired) electrons. The number of nitrogens with one attached hydrogen (secondary N) is 1. The van der Waals surface area contributed by atoms with Gasteiger partial charge in [0.25, 0.3) is 5.91 Å². The van der Waals surface area contributed by atoms with Crippen molar-refractivity contribution in [3.8, 4) is 16.2 Å². The highest BCUT2D eigenvalue weighted by Crippen LogP contribution is 2.38. The van der Waals surface area contributed by atoms with Crippen molar-refractivity contribution in [3.05, 3.63) is 58.8 Å². The number of carbonyl (C=O) groups excluding carboxylic acids is 2. The predicted molar refractivity (Wildman–Crippen MR) is 104 cm³/mol. The average Bonchev–Trinajstić information content (AvgIpc) is 3.30. The summed E-state index contributed by atoms with van der Waals surface area (Å²) in [6, 6.07) is 12.9.